The van der Waals surface area contributed by atoms with Crippen molar-refractivity contribution in [2.45, 2.75) is 51.6 Å². The van der Waals surface area contributed by atoms with Crippen LogP contribution in [-0.4, -0.2) is 25.9 Å². The summed E-state index contributed by atoms with van der Waals surface area (Å²) >= 11 is 0. The van der Waals surface area contributed by atoms with Gasteiger partial charge in [-0.1, -0.05) is 26.2 Å². The standard InChI is InChI=1S/C11H22O2.Li.H/c1-2-3-4-5-9-13-11-7-6-8-12-10-11;;/h11H,2-10H2,1H3;;/q;+1;-1. The van der Waals surface area contributed by atoms with Gasteiger partial charge in [0.15, 0.2) is 0 Å². The summed E-state index contributed by atoms with van der Waals surface area (Å²) in [6.45, 7) is 4.90. The first-order chi connectivity index (χ1) is 6.43. The summed E-state index contributed by atoms with van der Waals surface area (Å²) in [7, 11) is 0. The molecule has 1 atom stereocenters. The van der Waals surface area contributed by atoms with Crippen LogP contribution in [0.4, 0.5) is 0 Å². The van der Waals surface area contributed by atoms with Crippen molar-refractivity contribution in [3.63, 3.8) is 0 Å². The Balaban J connectivity index is 0. The molecule has 0 aromatic carbocycles. The van der Waals surface area contributed by atoms with Crippen molar-refractivity contribution in [2.75, 3.05) is 19.8 Å². The summed E-state index contributed by atoms with van der Waals surface area (Å²) in [6, 6.07) is 0. The van der Waals surface area contributed by atoms with E-state index in [1.807, 2.05) is 0 Å². The Morgan fingerprint density at radius 1 is 1.36 bits per heavy atom. The molecule has 0 aromatic heterocycles. The molecular weight excluding hydrogens is 171 g/mol. The van der Waals surface area contributed by atoms with Gasteiger partial charge in [-0.3, -0.25) is 0 Å². The molecule has 1 saturated heterocycles. The molecule has 0 aliphatic carbocycles. The first-order valence-corrected chi connectivity index (χ1v) is 5.63. The van der Waals surface area contributed by atoms with Gasteiger partial charge in [0.1, 0.15) is 0 Å². The van der Waals surface area contributed by atoms with E-state index in [2.05, 4.69) is 6.92 Å². The number of hydrogen-bond donors (Lipinski definition) is 0. The molecule has 0 N–H and O–H groups in total. The van der Waals surface area contributed by atoms with Gasteiger partial charge in [-0.25, -0.2) is 0 Å². The fraction of sp³-hybridized carbons (Fsp3) is 1.00. The molecule has 1 aliphatic heterocycles. The predicted molar refractivity (Wildman–Crippen MR) is 55.0 cm³/mol. The maximum Gasteiger partial charge on any atom is 1.00 e. The minimum absolute atomic E-state index is 0. The summed E-state index contributed by atoms with van der Waals surface area (Å²) in [5.74, 6) is 0. The molecule has 14 heavy (non-hydrogen) atoms. The second-order valence-corrected chi connectivity index (χ2v) is 3.77. The zero-order valence-electron chi connectivity index (χ0n) is 10.8. The monoisotopic (exact) mass is 194 g/mol. The molecule has 1 rings (SSSR count). The minimum Gasteiger partial charge on any atom is -1.00 e. The quantitative estimate of drug-likeness (QED) is 0.433. The van der Waals surface area contributed by atoms with Crippen LogP contribution in [0.5, 0.6) is 0 Å². The molecule has 0 bridgehead atoms. The first kappa shape index (κ1) is 14.5. The largest absolute Gasteiger partial charge is 1.00 e. The van der Waals surface area contributed by atoms with Gasteiger partial charge in [-0.05, 0) is 19.3 Å². The molecule has 1 heterocycles. The maximum atomic E-state index is 5.70. The van der Waals surface area contributed by atoms with Crippen molar-refractivity contribution in [1.82, 2.24) is 0 Å². The van der Waals surface area contributed by atoms with E-state index in [-0.39, 0.29) is 20.3 Å². The molecule has 0 saturated carbocycles. The second kappa shape index (κ2) is 10.0. The van der Waals surface area contributed by atoms with Gasteiger partial charge in [-0.2, -0.15) is 0 Å². The van der Waals surface area contributed by atoms with Gasteiger partial charge >= 0.3 is 18.9 Å². The number of hydrogen-bond acceptors (Lipinski definition) is 2. The second-order valence-electron chi connectivity index (χ2n) is 3.77. The smallest absolute Gasteiger partial charge is 1.00 e. The molecule has 2 nitrogen and oxygen atoms in total. The van der Waals surface area contributed by atoms with E-state index in [1.165, 1.54) is 38.5 Å². The minimum atomic E-state index is 0. The van der Waals surface area contributed by atoms with E-state index in [0.29, 0.717) is 6.10 Å². The molecular formula is C11H23LiO2. The summed E-state index contributed by atoms with van der Waals surface area (Å²) in [4.78, 5) is 0. The molecule has 80 valence electrons. The Morgan fingerprint density at radius 3 is 2.86 bits per heavy atom. The Hall–Kier alpha value is 0.517. The van der Waals surface area contributed by atoms with Crippen LogP contribution in [0.2, 0.25) is 0 Å². The third-order valence-corrected chi connectivity index (χ3v) is 2.47. The number of ether oxygens (including phenoxy) is 2. The fourth-order valence-electron chi connectivity index (χ4n) is 1.62. The molecule has 0 spiro atoms. The van der Waals surface area contributed by atoms with Gasteiger partial charge in [0.05, 0.1) is 12.7 Å². The first-order valence-electron chi connectivity index (χ1n) is 5.63. The molecule has 1 aliphatic rings. The van der Waals surface area contributed by atoms with Crippen LogP contribution in [0, 0.1) is 0 Å². The molecule has 1 fully saturated rings. The maximum absolute atomic E-state index is 5.70. The zero-order chi connectivity index (χ0) is 9.36. The van der Waals surface area contributed by atoms with Crippen LogP contribution in [-0.2, 0) is 9.47 Å². The van der Waals surface area contributed by atoms with E-state index in [1.54, 1.807) is 0 Å². The zero-order valence-corrected chi connectivity index (χ0v) is 9.76. The van der Waals surface area contributed by atoms with Crippen LogP contribution >= 0.6 is 0 Å². The van der Waals surface area contributed by atoms with Gasteiger partial charge in [-0.15, -0.1) is 0 Å². The normalized spacial score (nSPS) is 21.6. The van der Waals surface area contributed by atoms with Crippen LogP contribution < -0.4 is 18.9 Å². The van der Waals surface area contributed by atoms with Crippen molar-refractivity contribution in [1.29, 1.82) is 0 Å². The van der Waals surface area contributed by atoms with E-state index in [0.717, 1.165) is 19.8 Å². The van der Waals surface area contributed by atoms with Crippen molar-refractivity contribution in [2.24, 2.45) is 0 Å². The van der Waals surface area contributed by atoms with Crippen molar-refractivity contribution in [3.8, 4) is 0 Å². The van der Waals surface area contributed by atoms with Crippen LogP contribution in [0.3, 0.4) is 0 Å². The topological polar surface area (TPSA) is 18.5 Å². The molecule has 3 heteroatoms. The molecule has 0 aromatic rings. The van der Waals surface area contributed by atoms with E-state index in [4.69, 9.17) is 9.47 Å². The van der Waals surface area contributed by atoms with Crippen LogP contribution in [0.25, 0.3) is 0 Å². The van der Waals surface area contributed by atoms with E-state index in [9.17, 15) is 0 Å². The Morgan fingerprint density at radius 2 is 2.21 bits per heavy atom. The van der Waals surface area contributed by atoms with Gasteiger partial charge in [0.25, 0.3) is 0 Å². The molecule has 0 radical (unpaired) electrons. The third-order valence-electron chi connectivity index (χ3n) is 2.47. The van der Waals surface area contributed by atoms with Gasteiger partial charge in [0, 0.05) is 13.2 Å². The van der Waals surface area contributed by atoms with Crippen molar-refractivity contribution < 1.29 is 29.8 Å². The van der Waals surface area contributed by atoms with E-state index >= 15 is 0 Å². The number of rotatable bonds is 6. The summed E-state index contributed by atoms with van der Waals surface area (Å²) in [5.41, 5.74) is 0. The SMILES string of the molecule is CCCCCCOC1CCCOC1.[H-].[Li+]. The number of unbranched alkanes of at least 4 members (excludes halogenated alkanes) is 3. The van der Waals surface area contributed by atoms with Crippen molar-refractivity contribution in [3.05, 3.63) is 0 Å². The third kappa shape index (κ3) is 6.90. The van der Waals surface area contributed by atoms with Crippen molar-refractivity contribution >= 4 is 0 Å². The summed E-state index contributed by atoms with van der Waals surface area (Å²) in [6.07, 6.45) is 7.90. The summed E-state index contributed by atoms with van der Waals surface area (Å²) < 4.78 is 11.0. The Kier molecular flexibility index (Phi) is 10.4. The fourth-order valence-corrected chi connectivity index (χ4v) is 1.62. The Labute approximate surface area is 101 Å². The van der Waals surface area contributed by atoms with Gasteiger partial charge in [0.2, 0.25) is 0 Å². The van der Waals surface area contributed by atoms with E-state index < -0.39 is 0 Å². The average Bonchev–Trinajstić information content (AvgIpc) is 2.19. The van der Waals surface area contributed by atoms with Gasteiger partial charge < -0.3 is 10.9 Å². The van der Waals surface area contributed by atoms with Crippen LogP contribution in [0.15, 0.2) is 0 Å². The predicted octanol–water partition coefficient (Wildman–Crippen LogP) is -0.121. The molecule has 1 unspecified atom stereocenters. The average molecular weight is 194 g/mol. The molecule has 0 amide bonds. The van der Waals surface area contributed by atoms with Crippen LogP contribution in [0.1, 0.15) is 46.9 Å². The summed E-state index contributed by atoms with van der Waals surface area (Å²) in [5, 5.41) is 0. The Bertz CT molecular complexity index is 119.